The third kappa shape index (κ3) is 2.61. The smallest absolute Gasteiger partial charge is 0.410 e. The van der Waals surface area contributed by atoms with E-state index in [1.165, 1.54) is 0 Å². The lowest BCUT2D eigenvalue weighted by Crippen LogP contribution is -2.59. The first kappa shape index (κ1) is 17.1. The summed E-state index contributed by atoms with van der Waals surface area (Å²) >= 11 is 0. The number of hydrogen-bond donors (Lipinski definition) is 0. The molecule has 1 aliphatic carbocycles. The molecule has 2 aliphatic heterocycles. The van der Waals surface area contributed by atoms with E-state index in [-0.39, 0.29) is 24.0 Å². The van der Waals surface area contributed by atoms with E-state index >= 15 is 0 Å². The average molecular weight is 354 g/mol. The second-order valence-corrected chi connectivity index (χ2v) is 7.47. The Hall–Kier alpha value is -2.30. The first-order chi connectivity index (χ1) is 12.7. The highest BCUT2D eigenvalue weighted by Gasteiger charge is 2.61. The van der Waals surface area contributed by atoms with Crippen LogP contribution in [0.25, 0.3) is 0 Å². The van der Waals surface area contributed by atoms with Gasteiger partial charge in [-0.3, -0.25) is 4.79 Å². The zero-order chi connectivity index (χ0) is 18.1. The van der Waals surface area contributed by atoms with Crippen molar-refractivity contribution in [2.75, 3.05) is 19.7 Å². The van der Waals surface area contributed by atoms with Crippen LogP contribution in [0.5, 0.6) is 0 Å². The Morgan fingerprint density at radius 2 is 2.08 bits per heavy atom. The summed E-state index contributed by atoms with van der Waals surface area (Å²) in [4.78, 5) is 29.8. The van der Waals surface area contributed by atoms with Gasteiger partial charge in [0.15, 0.2) is 0 Å². The van der Waals surface area contributed by atoms with Gasteiger partial charge in [0.05, 0.1) is 18.1 Å². The van der Waals surface area contributed by atoms with Crippen molar-refractivity contribution in [1.29, 1.82) is 0 Å². The Labute approximate surface area is 154 Å². The molecule has 5 heteroatoms. The Morgan fingerprint density at radius 1 is 1.27 bits per heavy atom. The molecule has 2 heterocycles. The molecule has 2 amide bonds. The van der Waals surface area contributed by atoms with E-state index in [1.807, 2.05) is 30.0 Å². The summed E-state index contributed by atoms with van der Waals surface area (Å²) in [6, 6.07) is 10.1. The number of allylic oxidation sites excluding steroid dienone is 1. The highest BCUT2D eigenvalue weighted by Crippen LogP contribution is 2.52. The quantitative estimate of drug-likeness (QED) is 0.783. The van der Waals surface area contributed by atoms with Gasteiger partial charge in [0.25, 0.3) is 0 Å². The SMILES string of the molecule is CCOC(=O)N1CC[C@]23C(=O)N(Cc4ccccc4)CC[C@@H]2C=CC[C@H]13. The number of carbonyl (C=O) groups excluding carboxylic acids is 2. The van der Waals surface area contributed by atoms with Crippen LogP contribution < -0.4 is 0 Å². The van der Waals surface area contributed by atoms with Gasteiger partial charge in [-0.2, -0.15) is 0 Å². The molecule has 0 aromatic heterocycles. The Kier molecular flexibility index (Phi) is 4.47. The van der Waals surface area contributed by atoms with Gasteiger partial charge in [-0.1, -0.05) is 42.5 Å². The number of benzene rings is 1. The number of piperidine rings is 1. The fourth-order valence-electron chi connectivity index (χ4n) is 5.05. The molecule has 2 saturated heterocycles. The largest absolute Gasteiger partial charge is 0.450 e. The summed E-state index contributed by atoms with van der Waals surface area (Å²) in [5.41, 5.74) is 0.674. The van der Waals surface area contributed by atoms with Crippen LogP contribution in [0.1, 0.15) is 31.7 Å². The molecule has 3 aliphatic rings. The number of hydrogen-bond acceptors (Lipinski definition) is 3. The van der Waals surface area contributed by atoms with Crippen LogP contribution >= 0.6 is 0 Å². The molecular weight excluding hydrogens is 328 g/mol. The molecule has 3 atom stereocenters. The van der Waals surface area contributed by atoms with Crippen molar-refractivity contribution in [1.82, 2.24) is 9.80 Å². The first-order valence-corrected chi connectivity index (χ1v) is 9.60. The third-order valence-electron chi connectivity index (χ3n) is 6.24. The lowest BCUT2D eigenvalue weighted by atomic mass is 9.62. The summed E-state index contributed by atoms with van der Waals surface area (Å²) in [6.45, 7) is 4.20. The molecule has 0 saturated carbocycles. The van der Waals surface area contributed by atoms with Crippen LogP contribution in [0.15, 0.2) is 42.5 Å². The molecule has 0 N–H and O–H groups in total. The fourth-order valence-corrected chi connectivity index (χ4v) is 5.05. The topological polar surface area (TPSA) is 49.9 Å². The zero-order valence-corrected chi connectivity index (χ0v) is 15.3. The van der Waals surface area contributed by atoms with Crippen molar-refractivity contribution in [3.63, 3.8) is 0 Å². The first-order valence-electron chi connectivity index (χ1n) is 9.60. The van der Waals surface area contributed by atoms with Crippen molar-refractivity contribution in [2.24, 2.45) is 11.3 Å². The maximum absolute atomic E-state index is 13.6. The number of rotatable bonds is 3. The second-order valence-electron chi connectivity index (χ2n) is 7.47. The molecule has 2 fully saturated rings. The van der Waals surface area contributed by atoms with Crippen LogP contribution in [-0.4, -0.2) is 47.5 Å². The molecule has 1 aromatic rings. The van der Waals surface area contributed by atoms with Crippen LogP contribution in [0.2, 0.25) is 0 Å². The van der Waals surface area contributed by atoms with Crippen molar-refractivity contribution in [3.8, 4) is 0 Å². The van der Waals surface area contributed by atoms with E-state index in [0.29, 0.717) is 19.7 Å². The zero-order valence-electron chi connectivity index (χ0n) is 15.3. The predicted molar refractivity (Wildman–Crippen MR) is 98.3 cm³/mol. The Bertz CT molecular complexity index is 717. The standard InChI is InChI=1S/C21H26N2O3/c1-2-26-20(25)23-14-12-21-17(9-6-10-18(21)23)11-13-22(19(21)24)15-16-7-4-3-5-8-16/h3-9,17-18H,2,10-15H2,1H3/t17-,18-,21-/m0/s1. The van der Waals surface area contributed by atoms with Crippen molar-refractivity contribution in [3.05, 3.63) is 48.0 Å². The second kappa shape index (κ2) is 6.78. The van der Waals surface area contributed by atoms with Crippen LogP contribution in [0.3, 0.4) is 0 Å². The molecule has 138 valence electrons. The Balaban J connectivity index is 1.61. The van der Waals surface area contributed by atoms with Gasteiger partial charge in [0.2, 0.25) is 5.91 Å². The minimum atomic E-state index is -0.478. The van der Waals surface area contributed by atoms with Gasteiger partial charge >= 0.3 is 6.09 Å². The van der Waals surface area contributed by atoms with E-state index in [0.717, 1.165) is 31.4 Å². The van der Waals surface area contributed by atoms with Gasteiger partial charge in [-0.15, -0.1) is 0 Å². The van der Waals surface area contributed by atoms with E-state index in [2.05, 4.69) is 24.3 Å². The lowest BCUT2D eigenvalue weighted by molar-refractivity contribution is -0.152. The average Bonchev–Trinajstić information content (AvgIpc) is 3.06. The summed E-state index contributed by atoms with van der Waals surface area (Å²) in [5, 5.41) is 0. The third-order valence-corrected chi connectivity index (χ3v) is 6.24. The Morgan fingerprint density at radius 3 is 2.85 bits per heavy atom. The van der Waals surface area contributed by atoms with Crippen molar-refractivity contribution >= 4 is 12.0 Å². The molecule has 0 radical (unpaired) electrons. The molecule has 1 spiro atoms. The predicted octanol–water partition coefficient (Wildman–Crippen LogP) is 3.21. The maximum Gasteiger partial charge on any atom is 0.410 e. The van der Waals surface area contributed by atoms with Crippen molar-refractivity contribution in [2.45, 2.75) is 38.8 Å². The molecular formula is C21H26N2O3. The summed E-state index contributed by atoms with van der Waals surface area (Å²) < 4.78 is 5.25. The summed E-state index contributed by atoms with van der Waals surface area (Å²) in [7, 11) is 0. The monoisotopic (exact) mass is 354 g/mol. The summed E-state index contributed by atoms with van der Waals surface area (Å²) in [5.74, 6) is 0.430. The van der Waals surface area contributed by atoms with Gasteiger partial charge in [0, 0.05) is 19.6 Å². The number of likely N-dealkylation sites (tertiary alicyclic amines) is 2. The van der Waals surface area contributed by atoms with E-state index in [4.69, 9.17) is 4.74 Å². The highest BCUT2D eigenvalue weighted by molar-refractivity contribution is 5.87. The van der Waals surface area contributed by atoms with Crippen LogP contribution in [0.4, 0.5) is 4.79 Å². The van der Waals surface area contributed by atoms with Gasteiger partial charge < -0.3 is 14.5 Å². The van der Waals surface area contributed by atoms with Crippen molar-refractivity contribution < 1.29 is 14.3 Å². The molecule has 26 heavy (non-hydrogen) atoms. The highest BCUT2D eigenvalue weighted by atomic mass is 16.6. The maximum atomic E-state index is 13.6. The molecule has 0 bridgehead atoms. The van der Waals surface area contributed by atoms with Gasteiger partial charge in [-0.25, -0.2) is 4.79 Å². The van der Waals surface area contributed by atoms with Crippen LogP contribution in [0, 0.1) is 11.3 Å². The molecule has 0 unspecified atom stereocenters. The number of amides is 2. The number of ether oxygens (including phenoxy) is 1. The van der Waals surface area contributed by atoms with E-state index in [1.54, 1.807) is 4.90 Å². The lowest BCUT2D eigenvalue weighted by Gasteiger charge is -2.49. The number of carbonyl (C=O) groups is 2. The van der Waals surface area contributed by atoms with Gasteiger partial charge in [0.1, 0.15) is 0 Å². The minimum absolute atomic E-state index is 0.0809. The fraction of sp³-hybridized carbons (Fsp3) is 0.524. The normalized spacial score (nSPS) is 30.1. The van der Waals surface area contributed by atoms with E-state index < -0.39 is 5.41 Å². The van der Waals surface area contributed by atoms with E-state index in [9.17, 15) is 9.59 Å². The molecule has 5 nitrogen and oxygen atoms in total. The molecule has 1 aromatic carbocycles. The minimum Gasteiger partial charge on any atom is -0.450 e. The van der Waals surface area contributed by atoms with Gasteiger partial charge in [-0.05, 0) is 37.7 Å². The summed E-state index contributed by atoms with van der Waals surface area (Å²) in [6.07, 6.45) is 6.50. The van der Waals surface area contributed by atoms with Crippen LogP contribution in [-0.2, 0) is 16.1 Å². The molecule has 4 rings (SSSR count). The number of nitrogens with zero attached hydrogens (tertiary/aromatic N) is 2.